The number of aliphatic carboxylic acids is 1. The van der Waals surface area contributed by atoms with E-state index in [1.54, 1.807) is 0 Å². The molecule has 25 heavy (non-hydrogen) atoms. The Kier molecular flexibility index (Phi) is 4.22. The second kappa shape index (κ2) is 6.52. The first-order chi connectivity index (χ1) is 12.1. The molecule has 0 bridgehead atoms. The smallest absolute Gasteiger partial charge is 0.312 e. The van der Waals surface area contributed by atoms with Crippen LogP contribution in [0.2, 0.25) is 0 Å². The first kappa shape index (κ1) is 16.2. The quantitative estimate of drug-likeness (QED) is 0.893. The zero-order valence-electron chi connectivity index (χ0n) is 14.2. The highest BCUT2D eigenvalue weighted by Gasteiger charge is 2.33. The van der Waals surface area contributed by atoms with Gasteiger partial charge in [-0.25, -0.2) is 0 Å². The molecule has 2 aromatic rings. The molecule has 2 unspecified atom stereocenters. The van der Waals surface area contributed by atoms with Crippen LogP contribution in [0.15, 0.2) is 36.4 Å². The van der Waals surface area contributed by atoms with Crippen LogP contribution in [0.5, 0.6) is 11.5 Å². The van der Waals surface area contributed by atoms with Gasteiger partial charge in [-0.05, 0) is 85.0 Å². The molecule has 0 aliphatic heterocycles. The Morgan fingerprint density at radius 3 is 2.40 bits per heavy atom. The normalized spacial score (nSPS) is 22.0. The standard InChI is InChI=1S/C21H23NO3/c22-19-10-7-14-6-9-17(12-18(14)20(19)21(23)24)25-16-8-5-13-3-1-2-4-15(13)11-16/h5-6,8-9,11-12,19-20H,1-4,7,10,22H2,(H,23,24). The van der Waals surface area contributed by atoms with E-state index in [0.29, 0.717) is 12.2 Å². The second-order valence-electron chi connectivity index (χ2n) is 7.12. The highest BCUT2D eigenvalue weighted by Crippen LogP contribution is 2.35. The number of ether oxygens (including phenoxy) is 1. The molecule has 0 spiro atoms. The van der Waals surface area contributed by atoms with Gasteiger partial charge in [0.25, 0.3) is 0 Å². The molecule has 130 valence electrons. The summed E-state index contributed by atoms with van der Waals surface area (Å²) in [4.78, 5) is 11.6. The van der Waals surface area contributed by atoms with Gasteiger partial charge in [0, 0.05) is 6.04 Å². The maximum Gasteiger partial charge on any atom is 0.312 e. The third-order valence-electron chi connectivity index (χ3n) is 5.45. The van der Waals surface area contributed by atoms with Gasteiger partial charge in [-0.1, -0.05) is 12.1 Å². The molecule has 4 heteroatoms. The van der Waals surface area contributed by atoms with Crippen molar-refractivity contribution in [3.8, 4) is 11.5 Å². The molecule has 0 amide bonds. The van der Waals surface area contributed by atoms with Crippen molar-refractivity contribution in [2.75, 3.05) is 0 Å². The van der Waals surface area contributed by atoms with E-state index >= 15 is 0 Å². The van der Waals surface area contributed by atoms with Gasteiger partial charge in [-0.15, -0.1) is 0 Å². The highest BCUT2D eigenvalue weighted by atomic mass is 16.5. The lowest BCUT2D eigenvalue weighted by Gasteiger charge is -2.28. The molecule has 0 saturated carbocycles. The Balaban J connectivity index is 1.63. The van der Waals surface area contributed by atoms with Gasteiger partial charge < -0.3 is 15.6 Å². The molecule has 2 atom stereocenters. The lowest BCUT2D eigenvalue weighted by molar-refractivity contribution is -0.139. The first-order valence-electron chi connectivity index (χ1n) is 9.02. The maximum absolute atomic E-state index is 11.6. The minimum absolute atomic E-state index is 0.344. The van der Waals surface area contributed by atoms with Gasteiger partial charge >= 0.3 is 5.97 Å². The number of hydrogen-bond acceptors (Lipinski definition) is 3. The van der Waals surface area contributed by atoms with Crippen LogP contribution in [-0.4, -0.2) is 17.1 Å². The number of nitrogens with two attached hydrogens (primary N) is 1. The molecule has 0 saturated heterocycles. The van der Waals surface area contributed by atoms with E-state index in [1.807, 2.05) is 24.3 Å². The molecule has 4 rings (SSSR count). The lowest BCUT2D eigenvalue weighted by atomic mass is 9.79. The van der Waals surface area contributed by atoms with Crippen molar-refractivity contribution in [3.63, 3.8) is 0 Å². The Bertz CT molecular complexity index is 815. The van der Waals surface area contributed by atoms with Crippen LogP contribution in [0, 0.1) is 0 Å². The summed E-state index contributed by atoms with van der Waals surface area (Å²) >= 11 is 0. The number of carboxylic acid groups (broad SMARTS) is 1. The Morgan fingerprint density at radius 2 is 1.64 bits per heavy atom. The molecule has 3 N–H and O–H groups in total. The van der Waals surface area contributed by atoms with Gasteiger partial charge in [-0.2, -0.15) is 0 Å². The summed E-state index contributed by atoms with van der Waals surface area (Å²) in [5, 5.41) is 9.55. The molecular formula is C21H23NO3. The fourth-order valence-corrected chi connectivity index (χ4v) is 4.10. The van der Waals surface area contributed by atoms with E-state index in [4.69, 9.17) is 10.5 Å². The third-order valence-corrected chi connectivity index (χ3v) is 5.45. The van der Waals surface area contributed by atoms with Crippen LogP contribution in [-0.2, 0) is 24.1 Å². The minimum atomic E-state index is -0.862. The monoisotopic (exact) mass is 337 g/mol. The van der Waals surface area contributed by atoms with Gasteiger partial charge in [-0.3, -0.25) is 4.79 Å². The van der Waals surface area contributed by atoms with E-state index in [-0.39, 0.29) is 6.04 Å². The molecule has 2 aromatic carbocycles. The number of carboxylic acids is 1. The summed E-state index contributed by atoms with van der Waals surface area (Å²) in [7, 11) is 0. The molecule has 2 aliphatic rings. The summed E-state index contributed by atoms with van der Waals surface area (Å²) in [5.74, 6) is -0.0299. The van der Waals surface area contributed by atoms with Crippen molar-refractivity contribution in [3.05, 3.63) is 58.7 Å². The average molecular weight is 337 g/mol. The molecule has 0 aromatic heterocycles. The van der Waals surface area contributed by atoms with Gasteiger partial charge in [0.1, 0.15) is 11.5 Å². The number of carbonyl (C=O) groups is 1. The molecular weight excluding hydrogens is 314 g/mol. The summed E-state index contributed by atoms with van der Waals surface area (Å²) in [5.41, 5.74) is 10.7. The van der Waals surface area contributed by atoms with Gasteiger partial charge in [0.2, 0.25) is 0 Å². The SMILES string of the molecule is NC1CCc2ccc(Oc3ccc4c(c3)CCCC4)cc2C1C(=O)O. The molecule has 0 radical (unpaired) electrons. The predicted molar refractivity (Wildman–Crippen MR) is 96.3 cm³/mol. The van der Waals surface area contributed by atoms with E-state index in [0.717, 1.165) is 36.1 Å². The topological polar surface area (TPSA) is 72.5 Å². The van der Waals surface area contributed by atoms with Crippen molar-refractivity contribution in [2.45, 2.75) is 50.5 Å². The number of fused-ring (bicyclic) bond motifs is 2. The van der Waals surface area contributed by atoms with Crippen molar-refractivity contribution in [1.29, 1.82) is 0 Å². The first-order valence-corrected chi connectivity index (χ1v) is 9.02. The molecule has 4 nitrogen and oxygen atoms in total. The minimum Gasteiger partial charge on any atom is -0.481 e. The highest BCUT2D eigenvalue weighted by molar-refractivity contribution is 5.78. The largest absolute Gasteiger partial charge is 0.481 e. The molecule has 0 heterocycles. The van der Waals surface area contributed by atoms with Gasteiger partial charge in [0.05, 0.1) is 5.92 Å². The van der Waals surface area contributed by atoms with Crippen LogP contribution in [0.3, 0.4) is 0 Å². The third kappa shape index (κ3) is 3.14. The number of rotatable bonds is 3. The maximum atomic E-state index is 11.6. The van der Waals surface area contributed by atoms with Crippen molar-refractivity contribution >= 4 is 5.97 Å². The van der Waals surface area contributed by atoms with Crippen LogP contribution in [0.4, 0.5) is 0 Å². The summed E-state index contributed by atoms with van der Waals surface area (Å²) < 4.78 is 6.04. The Labute approximate surface area is 147 Å². The van der Waals surface area contributed by atoms with Crippen LogP contribution in [0.25, 0.3) is 0 Å². The zero-order chi connectivity index (χ0) is 17.4. The second-order valence-corrected chi connectivity index (χ2v) is 7.12. The number of benzene rings is 2. The summed E-state index contributed by atoms with van der Waals surface area (Å²) in [6, 6.07) is 11.7. The zero-order valence-corrected chi connectivity index (χ0v) is 14.2. The Morgan fingerprint density at radius 1 is 0.960 bits per heavy atom. The lowest BCUT2D eigenvalue weighted by Crippen LogP contribution is -2.37. The van der Waals surface area contributed by atoms with Crippen LogP contribution in [0.1, 0.15) is 47.4 Å². The van der Waals surface area contributed by atoms with E-state index < -0.39 is 11.9 Å². The number of hydrogen-bond donors (Lipinski definition) is 2. The number of aryl methyl sites for hydroxylation is 3. The van der Waals surface area contributed by atoms with Crippen molar-refractivity contribution in [1.82, 2.24) is 0 Å². The molecule has 2 aliphatic carbocycles. The predicted octanol–water partition coefficient (Wildman–Crippen LogP) is 3.80. The van der Waals surface area contributed by atoms with E-state index in [9.17, 15) is 9.90 Å². The average Bonchev–Trinajstić information content (AvgIpc) is 2.61. The van der Waals surface area contributed by atoms with Crippen LogP contribution < -0.4 is 10.5 Å². The van der Waals surface area contributed by atoms with E-state index in [2.05, 4.69) is 12.1 Å². The van der Waals surface area contributed by atoms with Crippen molar-refractivity contribution < 1.29 is 14.6 Å². The fourth-order valence-electron chi connectivity index (χ4n) is 4.10. The van der Waals surface area contributed by atoms with Gasteiger partial charge in [0.15, 0.2) is 0 Å². The van der Waals surface area contributed by atoms with Crippen molar-refractivity contribution in [2.24, 2.45) is 5.73 Å². The summed E-state index contributed by atoms with van der Waals surface area (Å²) in [6.07, 6.45) is 6.26. The van der Waals surface area contributed by atoms with Crippen LogP contribution >= 0.6 is 0 Å². The van der Waals surface area contributed by atoms with E-state index in [1.165, 1.54) is 24.0 Å². The molecule has 0 fully saturated rings. The Hall–Kier alpha value is -2.33. The fraction of sp³-hybridized carbons (Fsp3) is 0.381. The summed E-state index contributed by atoms with van der Waals surface area (Å²) in [6.45, 7) is 0.